The van der Waals surface area contributed by atoms with Crippen molar-refractivity contribution in [2.24, 2.45) is 0 Å². The third kappa shape index (κ3) is 3.23. The minimum atomic E-state index is -0.213. The number of fused-ring (bicyclic) bond motifs is 1. The van der Waals surface area contributed by atoms with Crippen LogP contribution in [0.4, 0.5) is 10.2 Å². The molecule has 0 spiro atoms. The van der Waals surface area contributed by atoms with E-state index in [1.165, 1.54) is 6.07 Å². The lowest BCUT2D eigenvalue weighted by molar-refractivity contribution is -0.117. The highest BCUT2D eigenvalue weighted by molar-refractivity contribution is 5.99. The number of likely N-dealkylation sites (N-methyl/N-ethyl adjacent to an activating group) is 1. The van der Waals surface area contributed by atoms with Crippen LogP contribution >= 0.6 is 0 Å². The van der Waals surface area contributed by atoms with Crippen LogP contribution in [-0.2, 0) is 23.2 Å². The van der Waals surface area contributed by atoms with Gasteiger partial charge < -0.3 is 0 Å². The van der Waals surface area contributed by atoms with Gasteiger partial charge in [0.05, 0.1) is 6.42 Å². The SMILES string of the molecule is Cc1nc(C2(C)CCCN(Cc3ccccc3F)C2)nc2c1CC(=O)N2C. The minimum Gasteiger partial charge on any atom is -0.299 e. The number of likely N-dealkylation sites (tertiary alicyclic amines) is 1. The molecule has 1 fully saturated rings. The number of hydrogen-bond acceptors (Lipinski definition) is 4. The molecule has 1 saturated heterocycles. The van der Waals surface area contributed by atoms with Crippen molar-refractivity contribution in [2.75, 3.05) is 25.0 Å². The number of rotatable bonds is 3. The molecule has 0 N–H and O–H groups in total. The quantitative estimate of drug-likeness (QED) is 0.836. The molecule has 6 heteroatoms. The zero-order valence-electron chi connectivity index (χ0n) is 16.1. The Bertz CT molecular complexity index is 900. The fraction of sp³-hybridized carbons (Fsp3) is 0.476. The summed E-state index contributed by atoms with van der Waals surface area (Å²) < 4.78 is 14.1. The standard InChI is InChI=1S/C21H25FN4O/c1-14-16-11-18(27)25(3)19(16)24-20(23-14)21(2)9-6-10-26(13-21)12-15-7-4-5-8-17(15)22/h4-5,7-8H,6,9-13H2,1-3H3. The van der Waals surface area contributed by atoms with Gasteiger partial charge in [0.25, 0.3) is 0 Å². The van der Waals surface area contributed by atoms with E-state index in [-0.39, 0.29) is 17.1 Å². The summed E-state index contributed by atoms with van der Waals surface area (Å²) in [4.78, 5) is 25.5. The molecule has 1 atom stereocenters. The lowest BCUT2D eigenvalue weighted by atomic mass is 9.80. The van der Waals surface area contributed by atoms with E-state index in [4.69, 9.17) is 9.97 Å². The number of nitrogens with zero attached hydrogens (tertiary/aromatic N) is 4. The molecule has 3 heterocycles. The van der Waals surface area contributed by atoms with Crippen molar-refractivity contribution in [3.8, 4) is 0 Å². The summed E-state index contributed by atoms with van der Waals surface area (Å²) in [5.41, 5.74) is 2.34. The van der Waals surface area contributed by atoms with Gasteiger partial charge in [-0.2, -0.15) is 0 Å². The molecule has 4 rings (SSSR count). The fourth-order valence-electron chi connectivity index (χ4n) is 4.25. The van der Waals surface area contributed by atoms with Crippen LogP contribution in [0.1, 0.15) is 42.4 Å². The number of amides is 1. The van der Waals surface area contributed by atoms with Gasteiger partial charge in [-0.1, -0.05) is 25.1 Å². The maximum atomic E-state index is 14.1. The Morgan fingerprint density at radius 2 is 2.04 bits per heavy atom. The second kappa shape index (κ2) is 6.68. The average Bonchev–Trinajstić information content (AvgIpc) is 2.93. The number of aromatic nitrogens is 2. The van der Waals surface area contributed by atoms with E-state index in [2.05, 4.69) is 11.8 Å². The molecule has 1 aromatic carbocycles. The molecule has 1 amide bonds. The molecule has 0 radical (unpaired) electrons. The number of piperidine rings is 1. The molecule has 1 aromatic heterocycles. The molecule has 2 aliphatic rings. The molecular weight excluding hydrogens is 343 g/mol. The van der Waals surface area contributed by atoms with Crippen LogP contribution in [0.2, 0.25) is 0 Å². The van der Waals surface area contributed by atoms with Crippen LogP contribution in [0.25, 0.3) is 0 Å². The van der Waals surface area contributed by atoms with Gasteiger partial charge in [-0.05, 0) is 32.4 Å². The van der Waals surface area contributed by atoms with E-state index in [9.17, 15) is 9.18 Å². The van der Waals surface area contributed by atoms with Crippen LogP contribution < -0.4 is 4.90 Å². The van der Waals surface area contributed by atoms with Crippen molar-refractivity contribution in [2.45, 2.75) is 45.1 Å². The predicted molar refractivity (Wildman–Crippen MR) is 102 cm³/mol. The first-order valence-electron chi connectivity index (χ1n) is 9.48. The molecule has 0 saturated carbocycles. The lowest BCUT2D eigenvalue weighted by Gasteiger charge is -2.39. The van der Waals surface area contributed by atoms with Gasteiger partial charge >= 0.3 is 0 Å². The summed E-state index contributed by atoms with van der Waals surface area (Å²) >= 11 is 0. The largest absolute Gasteiger partial charge is 0.299 e. The number of carbonyl (C=O) groups excluding carboxylic acids is 1. The normalized spacial score (nSPS) is 23.0. The van der Waals surface area contributed by atoms with Gasteiger partial charge in [0.15, 0.2) is 0 Å². The summed E-state index contributed by atoms with van der Waals surface area (Å²) in [5.74, 6) is 1.44. The first kappa shape index (κ1) is 18.0. The van der Waals surface area contributed by atoms with Gasteiger partial charge in [-0.25, -0.2) is 14.4 Å². The smallest absolute Gasteiger partial charge is 0.232 e. The van der Waals surface area contributed by atoms with Crippen molar-refractivity contribution in [1.29, 1.82) is 0 Å². The molecule has 0 aliphatic carbocycles. The van der Waals surface area contributed by atoms with E-state index >= 15 is 0 Å². The minimum absolute atomic E-state index is 0.0644. The Balaban J connectivity index is 1.61. The number of hydrogen-bond donors (Lipinski definition) is 0. The Labute approximate surface area is 159 Å². The van der Waals surface area contributed by atoms with Gasteiger partial charge in [0.1, 0.15) is 17.5 Å². The molecule has 1 unspecified atom stereocenters. The molecule has 2 aliphatic heterocycles. The van der Waals surface area contributed by atoms with Crippen molar-refractivity contribution < 1.29 is 9.18 Å². The second-order valence-electron chi connectivity index (χ2n) is 8.03. The van der Waals surface area contributed by atoms with Crippen LogP contribution in [0.15, 0.2) is 24.3 Å². The van der Waals surface area contributed by atoms with Gasteiger partial charge in [0, 0.05) is 42.4 Å². The van der Waals surface area contributed by atoms with Gasteiger partial charge in [-0.15, -0.1) is 0 Å². The zero-order valence-corrected chi connectivity index (χ0v) is 16.1. The van der Waals surface area contributed by atoms with Crippen molar-refractivity contribution in [1.82, 2.24) is 14.9 Å². The third-order valence-electron chi connectivity index (χ3n) is 5.88. The highest BCUT2D eigenvalue weighted by Gasteiger charge is 2.38. The van der Waals surface area contributed by atoms with Crippen molar-refractivity contribution >= 4 is 11.7 Å². The lowest BCUT2D eigenvalue weighted by Crippen LogP contribution is -2.45. The van der Waals surface area contributed by atoms with E-state index < -0.39 is 0 Å². The molecule has 0 bridgehead atoms. The first-order valence-corrected chi connectivity index (χ1v) is 9.48. The Morgan fingerprint density at radius 1 is 1.26 bits per heavy atom. The summed E-state index contributed by atoms with van der Waals surface area (Å²) in [5, 5.41) is 0. The highest BCUT2D eigenvalue weighted by Crippen LogP contribution is 2.36. The van der Waals surface area contributed by atoms with E-state index in [0.29, 0.717) is 13.0 Å². The Kier molecular flexibility index (Phi) is 4.46. The van der Waals surface area contributed by atoms with E-state index in [0.717, 1.165) is 54.4 Å². The maximum Gasteiger partial charge on any atom is 0.232 e. The number of anilines is 1. The molecule has 5 nitrogen and oxygen atoms in total. The summed E-state index contributed by atoms with van der Waals surface area (Å²) in [6, 6.07) is 6.95. The average molecular weight is 368 g/mol. The van der Waals surface area contributed by atoms with Crippen LogP contribution in [0, 0.1) is 12.7 Å². The second-order valence-corrected chi connectivity index (χ2v) is 8.03. The van der Waals surface area contributed by atoms with E-state index in [1.54, 1.807) is 18.0 Å². The number of aryl methyl sites for hydroxylation is 1. The van der Waals surface area contributed by atoms with Crippen molar-refractivity contribution in [3.63, 3.8) is 0 Å². The molecular formula is C21H25FN4O. The van der Waals surface area contributed by atoms with Crippen molar-refractivity contribution in [3.05, 3.63) is 52.7 Å². The fourth-order valence-corrected chi connectivity index (χ4v) is 4.25. The van der Waals surface area contributed by atoms with Gasteiger partial charge in [0.2, 0.25) is 5.91 Å². The summed E-state index contributed by atoms with van der Waals surface area (Å²) in [7, 11) is 1.78. The van der Waals surface area contributed by atoms with E-state index in [1.807, 2.05) is 19.1 Å². The zero-order chi connectivity index (χ0) is 19.2. The summed E-state index contributed by atoms with van der Waals surface area (Å²) in [6.07, 6.45) is 2.38. The van der Waals surface area contributed by atoms with Crippen LogP contribution in [0.5, 0.6) is 0 Å². The third-order valence-corrected chi connectivity index (χ3v) is 5.88. The number of carbonyl (C=O) groups is 1. The van der Waals surface area contributed by atoms with Crippen LogP contribution in [0.3, 0.4) is 0 Å². The molecule has 2 aromatic rings. The Morgan fingerprint density at radius 3 is 2.81 bits per heavy atom. The molecule has 142 valence electrons. The van der Waals surface area contributed by atoms with Gasteiger partial charge in [-0.3, -0.25) is 14.6 Å². The van der Waals surface area contributed by atoms with Crippen LogP contribution in [-0.4, -0.2) is 40.9 Å². The summed E-state index contributed by atoms with van der Waals surface area (Å²) in [6.45, 7) is 6.44. The first-order chi connectivity index (χ1) is 12.9. The Hall–Kier alpha value is -2.34. The maximum absolute atomic E-state index is 14.1. The number of halogens is 1. The molecule has 27 heavy (non-hydrogen) atoms. The monoisotopic (exact) mass is 368 g/mol. The topological polar surface area (TPSA) is 49.3 Å². The number of benzene rings is 1. The highest BCUT2D eigenvalue weighted by atomic mass is 19.1. The predicted octanol–water partition coefficient (Wildman–Crippen LogP) is 3.00.